The molecule has 0 bridgehead atoms. The summed E-state index contributed by atoms with van der Waals surface area (Å²) in [5, 5.41) is 2.88. The highest BCUT2D eigenvalue weighted by Gasteiger charge is 2.25. The van der Waals surface area contributed by atoms with Gasteiger partial charge in [-0.3, -0.25) is 4.79 Å². The molecule has 0 radical (unpaired) electrons. The minimum atomic E-state index is -0.376. The molecule has 1 fully saturated rings. The summed E-state index contributed by atoms with van der Waals surface area (Å²) >= 11 is 0. The Morgan fingerprint density at radius 3 is 2.44 bits per heavy atom. The zero-order valence-corrected chi connectivity index (χ0v) is 15.0. The number of aromatic nitrogens is 1. The lowest BCUT2D eigenvalue weighted by atomic mass is 10.2. The van der Waals surface area contributed by atoms with Gasteiger partial charge in [0.05, 0.1) is 17.9 Å². The van der Waals surface area contributed by atoms with Crippen LogP contribution in [0.3, 0.4) is 0 Å². The zero-order valence-electron chi connectivity index (χ0n) is 15.0. The van der Waals surface area contributed by atoms with Crippen LogP contribution in [0.1, 0.15) is 17.3 Å². The van der Waals surface area contributed by atoms with Crippen LogP contribution in [0.2, 0.25) is 0 Å². The lowest BCUT2D eigenvalue weighted by Crippen LogP contribution is -2.50. The largest absolute Gasteiger partial charge is 0.450 e. The molecule has 1 saturated heterocycles. The highest BCUT2D eigenvalue weighted by molar-refractivity contribution is 5.94. The maximum atomic E-state index is 13.7. The third-order valence-electron chi connectivity index (χ3n) is 4.24. The molecule has 1 N–H and O–H groups in total. The summed E-state index contributed by atoms with van der Waals surface area (Å²) in [6, 6.07) is 9.58. The average Bonchev–Trinajstić information content (AvgIpc) is 2.70. The van der Waals surface area contributed by atoms with E-state index in [1.807, 2.05) is 0 Å². The van der Waals surface area contributed by atoms with E-state index in [0.29, 0.717) is 49.9 Å². The SMILES string of the molecule is CCOC(=O)N1CCN(C(=O)c2ccc(Nc3ccccc3F)nc2)CC1. The van der Waals surface area contributed by atoms with Crippen molar-refractivity contribution in [2.24, 2.45) is 0 Å². The van der Waals surface area contributed by atoms with Crippen LogP contribution in [0.25, 0.3) is 0 Å². The second-order valence-corrected chi connectivity index (χ2v) is 6.02. The van der Waals surface area contributed by atoms with Gasteiger partial charge in [-0.1, -0.05) is 12.1 Å². The van der Waals surface area contributed by atoms with Crippen molar-refractivity contribution in [2.45, 2.75) is 6.92 Å². The Morgan fingerprint density at radius 2 is 1.81 bits per heavy atom. The quantitative estimate of drug-likeness (QED) is 0.893. The van der Waals surface area contributed by atoms with E-state index in [4.69, 9.17) is 4.74 Å². The Labute approximate surface area is 156 Å². The van der Waals surface area contributed by atoms with Gasteiger partial charge >= 0.3 is 6.09 Å². The molecule has 142 valence electrons. The molecule has 0 atom stereocenters. The third kappa shape index (κ3) is 4.52. The number of para-hydroxylation sites is 1. The molecule has 27 heavy (non-hydrogen) atoms. The molecule has 0 spiro atoms. The molecule has 1 aliphatic heterocycles. The fraction of sp³-hybridized carbons (Fsp3) is 0.316. The van der Waals surface area contributed by atoms with Crippen LogP contribution in [0.15, 0.2) is 42.6 Å². The molecule has 1 aromatic carbocycles. The van der Waals surface area contributed by atoms with Crippen molar-refractivity contribution in [1.82, 2.24) is 14.8 Å². The number of pyridine rings is 1. The van der Waals surface area contributed by atoms with Gasteiger partial charge in [0.1, 0.15) is 11.6 Å². The fourth-order valence-electron chi connectivity index (χ4n) is 2.78. The van der Waals surface area contributed by atoms with Crippen LogP contribution in [0.5, 0.6) is 0 Å². The summed E-state index contributed by atoms with van der Waals surface area (Å²) in [5.41, 5.74) is 0.762. The minimum Gasteiger partial charge on any atom is -0.450 e. The Hall–Kier alpha value is -3.16. The van der Waals surface area contributed by atoms with Gasteiger partial charge in [-0.2, -0.15) is 0 Å². The van der Waals surface area contributed by atoms with E-state index in [2.05, 4.69) is 10.3 Å². The summed E-state index contributed by atoms with van der Waals surface area (Å²) in [4.78, 5) is 31.8. The van der Waals surface area contributed by atoms with Gasteiger partial charge in [0, 0.05) is 32.4 Å². The number of amides is 2. The monoisotopic (exact) mass is 372 g/mol. The maximum absolute atomic E-state index is 13.7. The van der Waals surface area contributed by atoms with E-state index < -0.39 is 0 Å². The van der Waals surface area contributed by atoms with Crippen molar-refractivity contribution in [3.05, 3.63) is 54.0 Å². The molecular weight excluding hydrogens is 351 g/mol. The van der Waals surface area contributed by atoms with Crippen LogP contribution in [-0.4, -0.2) is 59.6 Å². The highest BCUT2D eigenvalue weighted by Crippen LogP contribution is 2.18. The molecule has 1 aliphatic rings. The first kappa shape index (κ1) is 18.6. The number of benzene rings is 1. The first-order valence-corrected chi connectivity index (χ1v) is 8.77. The number of nitrogens with one attached hydrogen (secondary N) is 1. The van der Waals surface area contributed by atoms with Gasteiger partial charge in [0.25, 0.3) is 5.91 Å². The Bertz CT molecular complexity index is 805. The third-order valence-corrected chi connectivity index (χ3v) is 4.24. The van der Waals surface area contributed by atoms with Gasteiger partial charge in [0.2, 0.25) is 0 Å². The number of hydrogen-bond donors (Lipinski definition) is 1. The van der Waals surface area contributed by atoms with E-state index in [0.717, 1.165) is 0 Å². The molecule has 1 aromatic heterocycles. The Kier molecular flexibility index (Phi) is 5.85. The molecule has 0 aliphatic carbocycles. The van der Waals surface area contributed by atoms with Crippen LogP contribution >= 0.6 is 0 Å². The first-order chi connectivity index (χ1) is 13.1. The molecule has 2 aromatic rings. The molecule has 2 amide bonds. The number of halogens is 1. The summed E-state index contributed by atoms with van der Waals surface area (Å²) < 4.78 is 18.6. The van der Waals surface area contributed by atoms with Crippen LogP contribution in [0, 0.1) is 5.82 Å². The second-order valence-electron chi connectivity index (χ2n) is 6.02. The highest BCUT2D eigenvalue weighted by atomic mass is 19.1. The molecular formula is C19H21FN4O3. The summed E-state index contributed by atoms with van der Waals surface area (Å²) in [6.07, 6.45) is 1.11. The average molecular weight is 372 g/mol. The van der Waals surface area contributed by atoms with E-state index in [1.165, 1.54) is 12.3 Å². The molecule has 7 nitrogen and oxygen atoms in total. The normalized spacial score (nSPS) is 14.0. The predicted octanol–water partition coefficient (Wildman–Crippen LogP) is 2.88. The van der Waals surface area contributed by atoms with Gasteiger partial charge in [0.15, 0.2) is 0 Å². The van der Waals surface area contributed by atoms with Crippen molar-refractivity contribution in [3.63, 3.8) is 0 Å². The molecule has 3 rings (SSSR count). The standard InChI is InChI=1S/C19H21FN4O3/c1-2-27-19(26)24-11-9-23(10-12-24)18(25)14-7-8-17(21-13-14)22-16-6-4-3-5-15(16)20/h3-8,13H,2,9-12H2,1H3,(H,21,22). The number of carbonyl (C=O) groups excluding carboxylic acids is 2. The van der Waals surface area contributed by atoms with E-state index in [1.54, 1.807) is 47.1 Å². The van der Waals surface area contributed by atoms with E-state index in [9.17, 15) is 14.0 Å². The smallest absolute Gasteiger partial charge is 0.409 e. The second kappa shape index (κ2) is 8.48. The summed E-state index contributed by atoms with van der Waals surface area (Å²) in [6.45, 7) is 3.84. The molecule has 8 heteroatoms. The first-order valence-electron chi connectivity index (χ1n) is 8.77. The van der Waals surface area contributed by atoms with E-state index >= 15 is 0 Å². The molecule has 0 unspecified atom stereocenters. The number of piperazine rings is 1. The lowest BCUT2D eigenvalue weighted by Gasteiger charge is -2.34. The lowest BCUT2D eigenvalue weighted by molar-refractivity contribution is 0.0570. The zero-order chi connectivity index (χ0) is 19.2. The molecule has 2 heterocycles. The topological polar surface area (TPSA) is 74.8 Å². The Morgan fingerprint density at radius 1 is 1.11 bits per heavy atom. The minimum absolute atomic E-state index is 0.150. The summed E-state index contributed by atoms with van der Waals surface area (Å²) in [7, 11) is 0. The predicted molar refractivity (Wildman–Crippen MR) is 98.4 cm³/mol. The van der Waals surface area contributed by atoms with Crippen molar-refractivity contribution >= 4 is 23.5 Å². The Balaban J connectivity index is 1.58. The summed E-state index contributed by atoms with van der Waals surface area (Å²) in [5.74, 6) is -0.0776. The van der Waals surface area contributed by atoms with Crippen LogP contribution < -0.4 is 5.32 Å². The van der Waals surface area contributed by atoms with Gasteiger partial charge in [-0.05, 0) is 31.2 Å². The number of nitrogens with zero attached hydrogens (tertiary/aromatic N) is 3. The van der Waals surface area contributed by atoms with Gasteiger partial charge in [-0.25, -0.2) is 14.2 Å². The number of ether oxygens (including phenoxy) is 1. The number of anilines is 2. The van der Waals surface area contributed by atoms with Crippen molar-refractivity contribution in [2.75, 3.05) is 38.1 Å². The van der Waals surface area contributed by atoms with Gasteiger partial charge in [-0.15, -0.1) is 0 Å². The number of rotatable bonds is 4. The fourth-order valence-corrected chi connectivity index (χ4v) is 2.78. The number of carbonyl (C=O) groups is 2. The van der Waals surface area contributed by atoms with Crippen molar-refractivity contribution in [3.8, 4) is 0 Å². The van der Waals surface area contributed by atoms with Crippen molar-refractivity contribution < 1.29 is 18.7 Å². The van der Waals surface area contributed by atoms with E-state index in [-0.39, 0.29) is 17.8 Å². The van der Waals surface area contributed by atoms with Crippen LogP contribution in [0.4, 0.5) is 20.7 Å². The van der Waals surface area contributed by atoms with Gasteiger partial charge < -0.3 is 19.9 Å². The number of hydrogen-bond acceptors (Lipinski definition) is 5. The van der Waals surface area contributed by atoms with Crippen molar-refractivity contribution in [1.29, 1.82) is 0 Å². The van der Waals surface area contributed by atoms with Crippen LogP contribution in [-0.2, 0) is 4.74 Å². The maximum Gasteiger partial charge on any atom is 0.409 e. The molecule has 0 saturated carbocycles.